The van der Waals surface area contributed by atoms with Gasteiger partial charge in [-0.2, -0.15) is 9.78 Å². The predicted octanol–water partition coefficient (Wildman–Crippen LogP) is 6.58. The molecule has 0 atom stereocenters. The Hall–Kier alpha value is -2.56. The maximum absolute atomic E-state index is 6.34. The normalized spacial score (nSPS) is 13.8. The fourth-order valence-electron chi connectivity index (χ4n) is 4.02. The molecule has 30 heavy (non-hydrogen) atoms. The second-order valence-corrected chi connectivity index (χ2v) is 8.42. The molecule has 0 fully saturated rings. The van der Waals surface area contributed by atoms with Crippen molar-refractivity contribution in [3.05, 3.63) is 81.6 Å². The number of aromatic nitrogens is 3. The predicted molar refractivity (Wildman–Crippen MR) is 121 cm³/mol. The quantitative estimate of drug-likeness (QED) is 0.338. The average molecular weight is 438 g/mol. The zero-order chi connectivity index (χ0) is 20.5. The molecule has 2 heterocycles. The molecular weight excluding hydrogens is 417 g/mol. The van der Waals surface area contributed by atoms with E-state index >= 15 is 0 Å². The molecule has 5 rings (SSSR count). The second-order valence-electron chi connectivity index (χ2n) is 7.58. The van der Waals surface area contributed by atoms with Crippen LogP contribution in [0, 0.1) is 0 Å². The number of fused-ring (bicyclic) bond motifs is 3. The monoisotopic (exact) mass is 437 g/mol. The topological polar surface area (TPSA) is 39.9 Å². The number of pyridine rings is 1. The zero-order valence-corrected chi connectivity index (χ0v) is 18.0. The Labute approximate surface area is 185 Å². The van der Waals surface area contributed by atoms with Gasteiger partial charge in [0.2, 0.25) is 5.88 Å². The number of aryl methyl sites for hydroxylation is 2. The van der Waals surface area contributed by atoms with E-state index in [1.54, 1.807) is 0 Å². The van der Waals surface area contributed by atoms with Crippen LogP contribution in [0.1, 0.15) is 36.1 Å². The van der Waals surface area contributed by atoms with Crippen molar-refractivity contribution in [1.82, 2.24) is 14.8 Å². The van der Waals surface area contributed by atoms with Crippen LogP contribution >= 0.6 is 23.2 Å². The first kappa shape index (κ1) is 19.4. The van der Waals surface area contributed by atoms with E-state index in [0.717, 1.165) is 41.4 Å². The van der Waals surface area contributed by atoms with Crippen molar-refractivity contribution in [2.45, 2.75) is 38.7 Å². The minimum atomic E-state index is 0.352. The molecule has 0 unspecified atom stereocenters. The molecule has 0 spiro atoms. The van der Waals surface area contributed by atoms with Gasteiger partial charge >= 0.3 is 0 Å². The molecular formula is C24H21Cl2N3O. The summed E-state index contributed by atoms with van der Waals surface area (Å²) in [6.07, 6.45) is 7.49. The SMILES string of the molecule is Clc1ccc(-n2nc3c4c(ncc3c2OCc2ccccc2Cl)CCCCC4)cc1. The smallest absolute Gasteiger partial charge is 0.226 e. The van der Waals surface area contributed by atoms with Crippen LogP contribution in [0.25, 0.3) is 16.6 Å². The standard InChI is InChI=1S/C24H21Cl2N3O/c25-17-10-12-18(13-11-17)29-24(30-15-16-6-4-5-8-21(16)26)20-14-27-22-9-3-1-2-7-19(22)23(20)28-29/h4-6,8,10-14H,1-3,7,9,15H2. The Morgan fingerprint density at radius 1 is 0.933 bits per heavy atom. The van der Waals surface area contributed by atoms with Crippen LogP contribution in [0.3, 0.4) is 0 Å². The van der Waals surface area contributed by atoms with E-state index in [4.69, 9.17) is 38.0 Å². The summed E-state index contributed by atoms with van der Waals surface area (Å²) in [6.45, 7) is 0.352. The maximum atomic E-state index is 6.34. The van der Waals surface area contributed by atoms with Gasteiger partial charge < -0.3 is 4.74 Å². The third-order valence-corrected chi connectivity index (χ3v) is 6.22. The Balaban J connectivity index is 1.64. The Kier molecular flexibility index (Phi) is 5.36. The first-order valence-corrected chi connectivity index (χ1v) is 11.0. The van der Waals surface area contributed by atoms with Gasteiger partial charge in [0, 0.05) is 33.1 Å². The summed E-state index contributed by atoms with van der Waals surface area (Å²) in [5.74, 6) is 0.673. The van der Waals surface area contributed by atoms with Crippen LogP contribution in [-0.2, 0) is 19.4 Å². The number of nitrogens with zero attached hydrogens (tertiary/aromatic N) is 3. The van der Waals surface area contributed by atoms with Gasteiger partial charge in [0.1, 0.15) is 12.1 Å². The molecule has 0 aliphatic heterocycles. The minimum absolute atomic E-state index is 0.352. The Morgan fingerprint density at radius 3 is 2.57 bits per heavy atom. The molecule has 0 radical (unpaired) electrons. The highest BCUT2D eigenvalue weighted by Gasteiger charge is 2.21. The molecule has 0 saturated carbocycles. The fourth-order valence-corrected chi connectivity index (χ4v) is 4.33. The molecule has 4 nitrogen and oxygen atoms in total. The van der Waals surface area contributed by atoms with Gasteiger partial charge in [-0.15, -0.1) is 0 Å². The van der Waals surface area contributed by atoms with E-state index in [0.29, 0.717) is 22.5 Å². The highest BCUT2D eigenvalue weighted by molar-refractivity contribution is 6.31. The summed E-state index contributed by atoms with van der Waals surface area (Å²) in [5, 5.41) is 7.28. The molecule has 2 aromatic heterocycles. The minimum Gasteiger partial charge on any atom is -0.472 e. The van der Waals surface area contributed by atoms with Gasteiger partial charge in [-0.3, -0.25) is 4.98 Å². The van der Waals surface area contributed by atoms with Crippen molar-refractivity contribution in [2.24, 2.45) is 0 Å². The summed E-state index contributed by atoms with van der Waals surface area (Å²) in [6, 6.07) is 15.3. The first-order chi connectivity index (χ1) is 14.7. The van der Waals surface area contributed by atoms with Crippen LogP contribution in [0.4, 0.5) is 0 Å². The number of hydrogen-bond acceptors (Lipinski definition) is 3. The van der Waals surface area contributed by atoms with Gasteiger partial charge in [0.25, 0.3) is 0 Å². The average Bonchev–Trinajstić information content (AvgIpc) is 2.95. The second kappa shape index (κ2) is 8.29. The van der Waals surface area contributed by atoms with Crippen molar-refractivity contribution in [3.63, 3.8) is 0 Å². The molecule has 4 aromatic rings. The number of halogens is 2. The Bertz CT molecular complexity index is 1200. The number of rotatable bonds is 4. The number of ether oxygens (including phenoxy) is 1. The van der Waals surface area contributed by atoms with Gasteiger partial charge in [-0.05, 0) is 56.0 Å². The van der Waals surface area contributed by atoms with Crippen LogP contribution < -0.4 is 4.74 Å². The molecule has 0 saturated heterocycles. The van der Waals surface area contributed by atoms with Gasteiger partial charge in [0.15, 0.2) is 0 Å². The highest BCUT2D eigenvalue weighted by atomic mass is 35.5. The molecule has 0 amide bonds. The molecule has 2 aromatic carbocycles. The van der Waals surface area contributed by atoms with Crippen LogP contribution in [0.2, 0.25) is 10.0 Å². The third kappa shape index (κ3) is 3.66. The first-order valence-electron chi connectivity index (χ1n) is 10.2. The van der Waals surface area contributed by atoms with E-state index in [9.17, 15) is 0 Å². The van der Waals surface area contributed by atoms with Crippen LogP contribution in [0.15, 0.2) is 54.7 Å². The molecule has 0 N–H and O–H groups in total. The van der Waals surface area contributed by atoms with Gasteiger partial charge in [-0.25, -0.2) is 0 Å². The lowest BCUT2D eigenvalue weighted by Crippen LogP contribution is -2.03. The largest absolute Gasteiger partial charge is 0.472 e. The molecule has 6 heteroatoms. The third-order valence-electron chi connectivity index (χ3n) is 5.60. The van der Waals surface area contributed by atoms with Crippen molar-refractivity contribution in [1.29, 1.82) is 0 Å². The van der Waals surface area contributed by atoms with E-state index in [2.05, 4.69) is 0 Å². The summed E-state index contributed by atoms with van der Waals surface area (Å²) >= 11 is 12.4. The maximum Gasteiger partial charge on any atom is 0.226 e. The van der Waals surface area contributed by atoms with Gasteiger partial charge in [-0.1, -0.05) is 47.8 Å². The van der Waals surface area contributed by atoms with Crippen molar-refractivity contribution in [2.75, 3.05) is 0 Å². The molecule has 152 valence electrons. The van der Waals surface area contributed by atoms with Gasteiger partial charge in [0.05, 0.1) is 11.1 Å². The van der Waals surface area contributed by atoms with E-state index in [1.807, 2.05) is 59.4 Å². The van der Waals surface area contributed by atoms with Crippen molar-refractivity contribution in [3.8, 4) is 11.6 Å². The summed E-state index contributed by atoms with van der Waals surface area (Å²) in [5.41, 5.74) is 5.22. The zero-order valence-electron chi connectivity index (χ0n) is 16.4. The highest BCUT2D eigenvalue weighted by Crippen LogP contribution is 2.34. The van der Waals surface area contributed by atoms with Crippen molar-refractivity contribution >= 4 is 34.1 Å². The van der Waals surface area contributed by atoms with E-state index in [-0.39, 0.29) is 0 Å². The van der Waals surface area contributed by atoms with Crippen molar-refractivity contribution < 1.29 is 4.74 Å². The fraction of sp³-hybridized carbons (Fsp3) is 0.250. The summed E-state index contributed by atoms with van der Waals surface area (Å²) in [7, 11) is 0. The van der Waals surface area contributed by atoms with Crippen LogP contribution in [-0.4, -0.2) is 14.8 Å². The lowest BCUT2D eigenvalue weighted by Gasteiger charge is -2.11. The summed E-state index contributed by atoms with van der Waals surface area (Å²) in [4.78, 5) is 4.78. The molecule has 1 aliphatic carbocycles. The summed E-state index contributed by atoms with van der Waals surface area (Å²) < 4.78 is 8.16. The van der Waals surface area contributed by atoms with E-state index in [1.165, 1.54) is 24.1 Å². The number of benzene rings is 2. The lowest BCUT2D eigenvalue weighted by atomic mass is 10.1. The lowest BCUT2D eigenvalue weighted by molar-refractivity contribution is 0.288. The molecule has 0 bridgehead atoms. The molecule has 1 aliphatic rings. The van der Waals surface area contributed by atoms with E-state index < -0.39 is 0 Å². The Morgan fingerprint density at radius 2 is 1.73 bits per heavy atom. The van der Waals surface area contributed by atoms with Crippen LogP contribution in [0.5, 0.6) is 5.88 Å². The number of hydrogen-bond donors (Lipinski definition) is 0.